The molecule has 2 heteroatoms. The minimum Gasteiger partial charge on any atom is -0.340 e. The van der Waals surface area contributed by atoms with E-state index in [0.717, 1.165) is 23.7 Å². The van der Waals surface area contributed by atoms with E-state index in [1.807, 2.05) is 17.9 Å². The molecule has 0 aromatic carbocycles. The van der Waals surface area contributed by atoms with Crippen LogP contribution in [-0.2, 0) is 7.05 Å². The van der Waals surface area contributed by atoms with Gasteiger partial charge < -0.3 is 4.57 Å². The monoisotopic (exact) mass is 178 g/mol. The first kappa shape index (κ1) is 8.79. The Hall–Kier alpha value is -0.790. The summed E-state index contributed by atoms with van der Waals surface area (Å²) >= 11 is 0. The number of aryl methyl sites for hydroxylation is 1. The zero-order chi connectivity index (χ0) is 9.59. The fraction of sp³-hybridized carbons (Fsp3) is 0.727. The van der Waals surface area contributed by atoms with E-state index in [1.165, 1.54) is 5.69 Å². The summed E-state index contributed by atoms with van der Waals surface area (Å²) in [4.78, 5) is 4.42. The van der Waals surface area contributed by atoms with Crippen molar-refractivity contribution in [3.63, 3.8) is 0 Å². The molecule has 1 heterocycles. The zero-order valence-corrected chi connectivity index (χ0v) is 8.86. The molecule has 1 aromatic rings. The van der Waals surface area contributed by atoms with Crippen LogP contribution in [0.5, 0.6) is 0 Å². The standard InChI is InChI=1S/C11H18N2/c1-7(2)10-8(3)11(10)9-5-13(4)6-12-9/h5-8,10-11H,1-4H3. The molecule has 0 saturated heterocycles. The molecule has 1 saturated carbocycles. The van der Waals surface area contributed by atoms with Crippen molar-refractivity contribution in [2.45, 2.75) is 26.7 Å². The molecule has 2 nitrogen and oxygen atoms in total. The Morgan fingerprint density at radius 3 is 2.54 bits per heavy atom. The highest BCUT2D eigenvalue weighted by Crippen LogP contribution is 2.56. The SMILES string of the molecule is CC(C)C1C(C)C1c1cn(C)cn1. The molecule has 2 rings (SSSR count). The van der Waals surface area contributed by atoms with Crippen LogP contribution in [0.3, 0.4) is 0 Å². The summed E-state index contributed by atoms with van der Waals surface area (Å²) in [7, 11) is 2.04. The lowest BCUT2D eigenvalue weighted by Crippen LogP contribution is -1.92. The molecular weight excluding hydrogens is 160 g/mol. The van der Waals surface area contributed by atoms with Crippen LogP contribution in [0.1, 0.15) is 32.4 Å². The maximum absolute atomic E-state index is 4.42. The summed E-state index contributed by atoms with van der Waals surface area (Å²) in [5, 5.41) is 0. The van der Waals surface area contributed by atoms with Crippen molar-refractivity contribution in [1.29, 1.82) is 0 Å². The van der Waals surface area contributed by atoms with Gasteiger partial charge in [0.25, 0.3) is 0 Å². The van der Waals surface area contributed by atoms with Gasteiger partial charge in [-0.25, -0.2) is 4.98 Å². The van der Waals surface area contributed by atoms with E-state index in [1.54, 1.807) is 0 Å². The second-order valence-electron chi connectivity index (χ2n) is 4.67. The van der Waals surface area contributed by atoms with Crippen molar-refractivity contribution < 1.29 is 0 Å². The number of imidazole rings is 1. The molecule has 0 bridgehead atoms. The summed E-state index contributed by atoms with van der Waals surface area (Å²) in [5.74, 6) is 3.20. The van der Waals surface area contributed by atoms with Crippen molar-refractivity contribution in [2.75, 3.05) is 0 Å². The average Bonchev–Trinajstić information content (AvgIpc) is 2.51. The van der Waals surface area contributed by atoms with Crippen LogP contribution in [0.4, 0.5) is 0 Å². The van der Waals surface area contributed by atoms with Gasteiger partial charge in [-0.15, -0.1) is 0 Å². The van der Waals surface area contributed by atoms with E-state index >= 15 is 0 Å². The van der Waals surface area contributed by atoms with Crippen LogP contribution in [0, 0.1) is 17.8 Å². The highest BCUT2D eigenvalue weighted by atomic mass is 15.0. The zero-order valence-electron chi connectivity index (χ0n) is 8.86. The van der Waals surface area contributed by atoms with E-state index in [9.17, 15) is 0 Å². The lowest BCUT2D eigenvalue weighted by Gasteiger charge is -2.00. The molecule has 1 aromatic heterocycles. The molecule has 1 aliphatic carbocycles. The minimum atomic E-state index is 0.723. The first-order valence-corrected chi connectivity index (χ1v) is 5.09. The van der Waals surface area contributed by atoms with E-state index in [4.69, 9.17) is 0 Å². The molecule has 3 atom stereocenters. The topological polar surface area (TPSA) is 17.8 Å². The lowest BCUT2D eigenvalue weighted by molar-refractivity contribution is 0.523. The second kappa shape index (κ2) is 2.86. The van der Waals surface area contributed by atoms with Crippen molar-refractivity contribution in [3.8, 4) is 0 Å². The summed E-state index contributed by atoms with van der Waals surface area (Å²) in [6, 6.07) is 0. The third kappa shape index (κ3) is 1.38. The summed E-state index contributed by atoms with van der Waals surface area (Å²) in [6.45, 7) is 6.96. The Morgan fingerprint density at radius 1 is 1.46 bits per heavy atom. The summed E-state index contributed by atoms with van der Waals surface area (Å²) < 4.78 is 2.04. The Balaban J connectivity index is 2.13. The van der Waals surface area contributed by atoms with Crippen molar-refractivity contribution >= 4 is 0 Å². The number of aromatic nitrogens is 2. The number of rotatable bonds is 2. The number of nitrogens with zero attached hydrogens (tertiary/aromatic N) is 2. The van der Waals surface area contributed by atoms with Crippen molar-refractivity contribution in [2.24, 2.45) is 24.8 Å². The quantitative estimate of drug-likeness (QED) is 0.680. The molecular formula is C11H18N2. The Kier molecular flexibility index (Phi) is 1.94. The normalized spacial score (nSPS) is 32.5. The lowest BCUT2D eigenvalue weighted by atomic mass is 10.1. The Bertz CT molecular complexity index is 301. The van der Waals surface area contributed by atoms with Crippen molar-refractivity contribution in [3.05, 3.63) is 18.2 Å². The number of hydrogen-bond donors (Lipinski definition) is 0. The molecule has 1 fully saturated rings. The first-order chi connectivity index (χ1) is 6.11. The molecule has 3 unspecified atom stereocenters. The molecule has 0 amide bonds. The van der Waals surface area contributed by atoms with E-state index in [0.29, 0.717) is 0 Å². The number of hydrogen-bond acceptors (Lipinski definition) is 1. The summed E-state index contributed by atoms with van der Waals surface area (Å²) in [6.07, 6.45) is 4.06. The molecule has 0 aliphatic heterocycles. The van der Waals surface area contributed by atoms with Crippen LogP contribution in [0.15, 0.2) is 12.5 Å². The van der Waals surface area contributed by atoms with E-state index < -0.39 is 0 Å². The van der Waals surface area contributed by atoms with E-state index in [2.05, 4.69) is 32.0 Å². The third-order valence-electron chi connectivity index (χ3n) is 3.28. The van der Waals surface area contributed by atoms with Gasteiger partial charge in [-0.3, -0.25) is 0 Å². The van der Waals surface area contributed by atoms with Gasteiger partial charge in [0.05, 0.1) is 12.0 Å². The second-order valence-corrected chi connectivity index (χ2v) is 4.67. The summed E-state index contributed by atoms with van der Waals surface area (Å²) in [5.41, 5.74) is 1.29. The van der Waals surface area contributed by atoms with Crippen LogP contribution >= 0.6 is 0 Å². The van der Waals surface area contributed by atoms with Gasteiger partial charge in [0.15, 0.2) is 0 Å². The van der Waals surface area contributed by atoms with Gasteiger partial charge in [-0.2, -0.15) is 0 Å². The van der Waals surface area contributed by atoms with Gasteiger partial charge in [-0.1, -0.05) is 20.8 Å². The smallest absolute Gasteiger partial charge is 0.0946 e. The third-order valence-corrected chi connectivity index (χ3v) is 3.28. The molecule has 0 radical (unpaired) electrons. The largest absolute Gasteiger partial charge is 0.340 e. The highest BCUT2D eigenvalue weighted by molar-refractivity contribution is 5.19. The average molecular weight is 178 g/mol. The fourth-order valence-corrected chi connectivity index (χ4v) is 2.59. The maximum atomic E-state index is 4.42. The van der Waals surface area contributed by atoms with Gasteiger partial charge >= 0.3 is 0 Å². The van der Waals surface area contributed by atoms with E-state index in [-0.39, 0.29) is 0 Å². The van der Waals surface area contributed by atoms with Crippen LogP contribution in [0.25, 0.3) is 0 Å². The molecule has 0 N–H and O–H groups in total. The van der Waals surface area contributed by atoms with Gasteiger partial charge in [0, 0.05) is 19.2 Å². The Morgan fingerprint density at radius 2 is 2.15 bits per heavy atom. The molecule has 13 heavy (non-hydrogen) atoms. The highest BCUT2D eigenvalue weighted by Gasteiger charge is 2.50. The minimum absolute atomic E-state index is 0.723. The molecule has 1 aliphatic rings. The maximum Gasteiger partial charge on any atom is 0.0946 e. The fourth-order valence-electron chi connectivity index (χ4n) is 2.59. The predicted molar refractivity (Wildman–Crippen MR) is 53.4 cm³/mol. The predicted octanol–water partition coefficient (Wildman–Crippen LogP) is 2.43. The molecule has 0 spiro atoms. The molecule has 72 valence electrons. The van der Waals surface area contributed by atoms with Crippen molar-refractivity contribution in [1.82, 2.24) is 9.55 Å². The van der Waals surface area contributed by atoms with Crippen LogP contribution in [0.2, 0.25) is 0 Å². The van der Waals surface area contributed by atoms with Gasteiger partial charge in [-0.05, 0) is 17.8 Å². The van der Waals surface area contributed by atoms with Gasteiger partial charge in [0.2, 0.25) is 0 Å². The first-order valence-electron chi connectivity index (χ1n) is 5.09. The Labute approximate surface area is 80.0 Å². The van der Waals surface area contributed by atoms with Crippen LogP contribution < -0.4 is 0 Å². The van der Waals surface area contributed by atoms with Crippen LogP contribution in [-0.4, -0.2) is 9.55 Å². The van der Waals surface area contributed by atoms with Gasteiger partial charge in [0.1, 0.15) is 0 Å².